The lowest BCUT2D eigenvalue weighted by atomic mass is 9.64. The lowest BCUT2D eigenvalue weighted by Gasteiger charge is -2.37. The van der Waals surface area contributed by atoms with E-state index in [-0.39, 0.29) is 16.6 Å². The Kier molecular flexibility index (Phi) is 7.35. The molecule has 3 aromatic heterocycles. The standard InChI is InChI=1S/C42H49FN4/c1-10-13-16-27-23-28-20-22-46-26-35(47-21-15-14-17-32(47)33-25-34(40(4,5)6)44-45(33)9)42(11-2,12-3)29-18-19-31(43)38-37(29)39(46)36(28)30(24-27)41(38,7)8/h14-15,17-26H,10-13,16H2,1-9H3/q+2. The zero-order valence-electron chi connectivity index (χ0n) is 29.6. The van der Waals surface area contributed by atoms with Gasteiger partial charge in [0.25, 0.3) is 5.70 Å². The number of nitrogens with zero attached hydrogens (tertiary/aromatic N) is 4. The van der Waals surface area contributed by atoms with E-state index in [1.165, 1.54) is 33.2 Å². The molecule has 242 valence electrons. The summed E-state index contributed by atoms with van der Waals surface area (Å²) in [6.07, 6.45) is 11.8. The molecule has 0 saturated carbocycles. The summed E-state index contributed by atoms with van der Waals surface area (Å²) in [6, 6.07) is 19.5. The van der Waals surface area contributed by atoms with Crippen molar-refractivity contribution in [1.29, 1.82) is 0 Å². The van der Waals surface area contributed by atoms with Crippen molar-refractivity contribution in [1.82, 2.24) is 9.78 Å². The second kappa shape index (κ2) is 11.0. The molecule has 0 N–H and O–H groups in total. The van der Waals surface area contributed by atoms with Crippen LogP contribution in [0.15, 0.2) is 67.0 Å². The van der Waals surface area contributed by atoms with Gasteiger partial charge in [-0.2, -0.15) is 14.2 Å². The highest BCUT2D eigenvalue weighted by Gasteiger charge is 2.52. The third-order valence-electron chi connectivity index (χ3n) is 11.2. The first-order valence-corrected chi connectivity index (χ1v) is 17.5. The van der Waals surface area contributed by atoms with Crippen LogP contribution in [0.1, 0.15) is 109 Å². The first-order valence-electron chi connectivity index (χ1n) is 17.5. The van der Waals surface area contributed by atoms with E-state index in [4.69, 9.17) is 5.10 Å². The Morgan fingerprint density at radius 1 is 0.915 bits per heavy atom. The summed E-state index contributed by atoms with van der Waals surface area (Å²) in [5, 5.41) is 7.44. The number of unbranched alkanes of at least 4 members (excludes halogenated alkanes) is 1. The van der Waals surface area contributed by atoms with Crippen molar-refractivity contribution in [3.05, 3.63) is 101 Å². The number of hydrogen-bond acceptors (Lipinski definition) is 1. The number of benzene rings is 2. The molecule has 0 spiro atoms. The summed E-state index contributed by atoms with van der Waals surface area (Å²) in [6.45, 7) is 17.9. The van der Waals surface area contributed by atoms with Crippen LogP contribution in [-0.4, -0.2) is 9.78 Å². The lowest BCUT2D eigenvalue weighted by molar-refractivity contribution is -0.594. The van der Waals surface area contributed by atoms with Crippen molar-refractivity contribution in [3.63, 3.8) is 0 Å². The second-order valence-corrected chi connectivity index (χ2v) is 15.3. The van der Waals surface area contributed by atoms with Crippen molar-refractivity contribution in [2.24, 2.45) is 7.05 Å². The summed E-state index contributed by atoms with van der Waals surface area (Å²) < 4.78 is 23.2. The molecule has 7 rings (SSSR count). The number of rotatable bonds is 7. The van der Waals surface area contributed by atoms with Gasteiger partial charge in [-0.15, -0.1) is 0 Å². The van der Waals surface area contributed by atoms with E-state index >= 15 is 4.39 Å². The Morgan fingerprint density at radius 2 is 1.68 bits per heavy atom. The molecule has 5 heteroatoms. The third kappa shape index (κ3) is 4.56. The van der Waals surface area contributed by atoms with E-state index in [1.54, 1.807) is 6.07 Å². The monoisotopic (exact) mass is 628 g/mol. The maximum absolute atomic E-state index is 16.5. The van der Waals surface area contributed by atoms with Crippen LogP contribution in [0.4, 0.5) is 4.39 Å². The summed E-state index contributed by atoms with van der Waals surface area (Å²) in [4.78, 5) is 0. The fourth-order valence-electron chi connectivity index (χ4n) is 8.45. The summed E-state index contributed by atoms with van der Waals surface area (Å²) in [5.41, 5.74) is 10.2. The van der Waals surface area contributed by atoms with Gasteiger partial charge in [0.15, 0.2) is 12.4 Å². The maximum Gasteiger partial charge on any atom is 0.262 e. The van der Waals surface area contributed by atoms with E-state index < -0.39 is 5.41 Å². The SMILES string of the molecule is CCCCc1cc2c3c4[n+](ccc3c1)C=C([n+]1ccccc1-c1cc(C(C)(C)C)nn1C)C(CC)(CC)c1ccc(F)c(c1-4)C2(C)C. The van der Waals surface area contributed by atoms with E-state index in [9.17, 15) is 0 Å². The van der Waals surface area contributed by atoms with Gasteiger partial charge in [-0.25, -0.2) is 4.39 Å². The predicted octanol–water partition coefficient (Wildman–Crippen LogP) is 9.43. The largest absolute Gasteiger partial charge is 0.262 e. The van der Waals surface area contributed by atoms with Gasteiger partial charge < -0.3 is 0 Å². The molecule has 0 saturated heterocycles. The predicted molar refractivity (Wildman–Crippen MR) is 191 cm³/mol. The first kappa shape index (κ1) is 31.5. The van der Waals surface area contributed by atoms with Crippen molar-refractivity contribution >= 4 is 22.7 Å². The van der Waals surface area contributed by atoms with Crippen LogP contribution < -0.4 is 9.13 Å². The van der Waals surface area contributed by atoms with Crippen LogP contribution in [0.25, 0.3) is 45.3 Å². The van der Waals surface area contributed by atoms with Crippen LogP contribution in [0, 0.1) is 5.82 Å². The quantitative estimate of drug-likeness (QED) is 0.165. The first-order chi connectivity index (χ1) is 22.4. The fraction of sp³-hybridized carbons (Fsp3) is 0.405. The van der Waals surface area contributed by atoms with E-state index in [1.807, 2.05) is 11.7 Å². The van der Waals surface area contributed by atoms with Gasteiger partial charge in [0.2, 0.25) is 17.6 Å². The molecule has 2 aliphatic rings. The zero-order chi connectivity index (χ0) is 33.5. The Bertz CT molecular complexity index is 2080. The van der Waals surface area contributed by atoms with Gasteiger partial charge in [-0.1, -0.05) is 80.0 Å². The molecule has 4 nitrogen and oxygen atoms in total. The van der Waals surface area contributed by atoms with E-state index in [2.05, 4.69) is 132 Å². The second-order valence-electron chi connectivity index (χ2n) is 15.3. The van der Waals surface area contributed by atoms with Crippen LogP contribution in [0.2, 0.25) is 0 Å². The number of hydrogen-bond donors (Lipinski definition) is 0. The summed E-state index contributed by atoms with van der Waals surface area (Å²) in [7, 11) is 2.04. The van der Waals surface area contributed by atoms with Gasteiger partial charge >= 0.3 is 0 Å². The number of halogens is 1. The minimum absolute atomic E-state index is 0.0702. The maximum atomic E-state index is 16.5. The molecule has 4 heterocycles. The molecule has 47 heavy (non-hydrogen) atoms. The van der Waals surface area contributed by atoms with E-state index in [0.717, 1.165) is 66.0 Å². The Morgan fingerprint density at radius 3 is 2.36 bits per heavy atom. The van der Waals surface area contributed by atoms with E-state index in [0.29, 0.717) is 0 Å². The van der Waals surface area contributed by atoms with Crippen LogP contribution in [-0.2, 0) is 29.7 Å². The molecule has 5 aromatic rings. The molecule has 0 atom stereocenters. The van der Waals surface area contributed by atoms with Crippen molar-refractivity contribution in [2.45, 2.75) is 104 Å². The highest BCUT2D eigenvalue weighted by molar-refractivity contribution is 6.02. The molecular formula is C42H49FN4+2. The zero-order valence-corrected chi connectivity index (χ0v) is 29.6. The van der Waals surface area contributed by atoms with Crippen molar-refractivity contribution < 1.29 is 13.5 Å². The Hall–Kier alpha value is -4.12. The number of allylic oxidation sites excluding steroid dienone is 1. The molecular weight excluding hydrogens is 579 g/mol. The van der Waals surface area contributed by atoms with Crippen molar-refractivity contribution in [3.8, 4) is 22.6 Å². The van der Waals surface area contributed by atoms with Crippen LogP contribution in [0.3, 0.4) is 0 Å². The topological polar surface area (TPSA) is 25.6 Å². The highest BCUT2D eigenvalue weighted by atomic mass is 19.1. The van der Waals surface area contributed by atoms with Crippen LogP contribution >= 0.6 is 0 Å². The number of aryl methyl sites for hydroxylation is 2. The molecule has 0 amide bonds. The smallest absolute Gasteiger partial charge is 0.262 e. The Labute approximate surface area is 279 Å². The minimum Gasteiger partial charge on any atom is -0.262 e. The van der Waals surface area contributed by atoms with Gasteiger partial charge in [0, 0.05) is 41.6 Å². The highest BCUT2D eigenvalue weighted by Crippen LogP contribution is 2.55. The van der Waals surface area contributed by atoms with Gasteiger partial charge in [0.1, 0.15) is 11.5 Å². The fourth-order valence-corrected chi connectivity index (χ4v) is 8.45. The normalized spacial score (nSPS) is 15.9. The van der Waals surface area contributed by atoms with Gasteiger partial charge in [-0.05, 0) is 66.0 Å². The molecule has 0 radical (unpaired) electrons. The summed E-state index contributed by atoms with van der Waals surface area (Å²) >= 11 is 0. The number of pyridine rings is 2. The van der Waals surface area contributed by atoms with Gasteiger partial charge in [-0.3, -0.25) is 4.68 Å². The van der Waals surface area contributed by atoms with Crippen molar-refractivity contribution in [2.75, 3.05) is 0 Å². The average Bonchev–Trinajstić information content (AvgIpc) is 3.39. The molecule has 0 bridgehead atoms. The lowest BCUT2D eigenvalue weighted by Crippen LogP contribution is -2.46. The average molecular weight is 629 g/mol. The molecule has 1 aliphatic heterocycles. The Balaban J connectivity index is 1.60. The molecule has 0 unspecified atom stereocenters. The van der Waals surface area contributed by atoms with Gasteiger partial charge in [0.05, 0.1) is 22.1 Å². The minimum atomic E-state index is -0.497. The molecule has 2 aromatic carbocycles. The molecule has 1 aliphatic carbocycles. The third-order valence-corrected chi connectivity index (χ3v) is 11.2. The van der Waals surface area contributed by atoms with Crippen LogP contribution in [0.5, 0.6) is 0 Å². The molecule has 0 fully saturated rings. The number of aromatic nitrogens is 4. The summed E-state index contributed by atoms with van der Waals surface area (Å²) in [5.74, 6) is -0.121.